The Morgan fingerprint density at radius 2 is 2.04 bits per heavy atom. The highest BCUT2D eigenvalue weighted by Crippen LogP contribution is 2.32. The molecule has 0 amide bonds. The molecule has 1 unspecified atom stereocenters. The average Bonchev–Trinajstić information content (AvgIpc) is 2.62. The molecule has 1 atom stereocenters. The van der Waals surface area contributed by atoms with Gasteiger partial charge in [0.1, 0.15) is 6.10 Å². The Morgan fingerprint density at radius 3 is 2.63 bits per heavy atom. The van der Waals surface area contributed by atoms with Gasteiger partial charge in [0.05, 0.1) is 18.7 Å². The Bertz CT molecular complexity index is 659. The number of likely N-dealkylation sites (N-methyl/N-ethyl adjacent to an activating group) is 1. The normalized spacial score (nSPS) is 19.5. The van der Waals surface area contributed by atoms with Crippen LogP contribution in [0.25, 0.3) is 0 Å². The number of benzene rings is 1. The SMILES string of the molecule is CN=C(NCC(C)(C)N(C)C)N1CCOC(c2cccc(C(F)(F)F)c2)C1. The van der Waals surface area contributed by atoms with Crippen LogP contribution in [-0.2, 0) is 10.9 Å². The second-order valence-corrected chi connectivity index (χ2v) is 7.54. The lowest BCUT2D eigenvalue weighted by Gasteiger charge is -2.38. The van der Waals surface area contributed by atoms with Gasteiger partial charge >= 0.3 is 6.18 Å². The number of alkyl halides is 3. The van der Waals surface area contributed by atoms with Crippen LogP contribution in [0.1, 0.15) is 31.1 Å². The highest BCUT2D eigenvalue weighted by atomic mass is 19.4. The summed E-state index contributed by atoms with van der Waals surface area (Å²) in [4.78, 5) is 8.49. The van der Waals surface area contributed by atoms with Crippen LogP contribution in [0.5, 0.6) is 0 Å². The summed E-state index contributed by atoms with van der Waals surface area (Å²) in [7, 11) is 5.74. The van der Waals surface area contributed by atoms with Crippen LogP contribution in [0.15, 0.2) is 29.3 Å². The van der Waals surface area contributed by atoms with Crippen molar-refractivity contribution >= 4 is 5.96 Å². The Kier molecular flexibility index (Phi) is 6.75. The van der Waals surface area contributed by atoms with E-state index in [9.17, 15) is 13.2 Å². The number of hydrogen-bond acceptors (Lipinski definition) is 3. The molecule has 1 saturated heterocycles. The van der Waals surface area contributed by atoms with Crippen LogP contribution in [0.2, 0.25) is 0 Å². The van der Waals surface area contributed by atoms with Gasteiger partial charge in [-0.05, 0) is 45.6 Å². The molecule has 152 valence electrons. The Balaban J connectivity index is 2.08. The van der Waals surface area contributed by atoms with Crippen LogP contribution in [0.4, 0.5) is 13.2 Å². The quantitative estimate of drug-likeness (QED) is 0.638. The number of hydrogen-bond donors (Lipinski definition) is 1. The van der Waals surface area contributed by atoms with Gasteiger partial charge in [-0.2, -0.15) is 13.2 Å². The van der Waals surface area contributed by atoms with Gasteiger partial charge in [0.25, 0.3) is 0 Å². The van der Waals surface area contributed by atoms with E-state index in [1.165, 1.54) is 12.1 Å². The largest absolute Gasteiger partial charge is 0.416 e. The summed E-state index contributed by atoms with van der Waals surface area (Å²) < 4.78 is 44.7. The maximum Gasteiger partial charge on any atom is 0.416 e. The Labute approximate surface area is 159 Å². The maximum absolute atomic E-state index is 13.0. The fourth-order valence-electron chi connectivity index (χ4n) is 2.74. The lowest BCUT2D eigenvalue weighted by Crippen LogP contribution is -2.54. The fraction of sp³-hybridized carbons (Fsp3) is 0.632. The molecule has 1 aliphatic heterocycles. The number of aliphatic imine (C=N–C) groups is 1. The molecule has 0 bridgehead atoms. The van der Waals surface area contributed by atoms with E-state index < -0.39 is 17.8 Å². The molecule has 0 aliphatic carbocycles. The Morgan fingerprint density at radius 1 is 1.33 bits per heavy atom. The van der Waals surface area contributed by atoms with Crippen LogP contribution < -0.4 is 5.32 Å². The third-order valence-corrected chi connectivity index (χ3v) is 5.05. The van der Waals surface area contributed by atoms with Crippen molar-refractivity contribution in [3.05, 3.63) is 35.4 Å². The number of rotatable bonds is 4. The first-order valence-electron chi connectivity index (χ1n) is 8.96. The van der Waals surface area contributed by atoms with E-state index in [0.29, 0.717) is 31.8 Å². The molecular weight excluding hydrogens is 357 g/mol. The summed E-state index contributed by atoms with van der Waals surface area (Å²) in [5, 5.41) is 3.37. The van der Waals surface area contributed by atoms with E-state index >= 15 is 0 Å². The topological polar surface area (TPSA) is 40.1 Å². The molecule has 0 spiro atoms. The number of guanidine groups is 1. The summed E-state index contributed by atoms with van der Waals surface area (Å²) in [6.07, 6.45) is -4.79. The lowest BCUT2D eigenvalue weighted by molar-refractivity contribution is -0.137. The minimum atomic E-state index is -4.36. The molecule has 0 saturated carbocycles. The zero-order chi connectivity index (χ0) is 20.2. The number of morpholine rings is 1. The zero-order valence-corrected chi connectivity index (χ0v) is 16.6. The van der Waals surface area contributed by atoms with Crippen molar-refractivity contribution in [1.29, 1.82) is 0 Å². The molecule has 1 aromatic rings. The van der Waals surface area contributed by atoms with E-state index in [-0.39, 0.29) is 5.54 Å². The van der Waals surface area contributed by atoms with Crippen LogP contribution in [-0.4, -0.2) is 68.7 Å². The second kappa shape index (κ2) is 8.48. The van der Waals surface area contributed by atoms with Crippen molar-refractivity contribution in [2.24, 2.45) is 4.99 Å². The summed E-state index contributed by atoms with van der Waals surface area (Å²) in [6.45, 7) is 6.45. The zero-order valence-electron chi connectivity index (χ0n) is 16.6. The van der Waals surface area contributed by atoms with Gasteiger partial charge in [-0.1, -0.05) is 12.1 Å². The molecule has 0 radical (unpaired) electrons. The first kappa shape index (κ1) is 21.5. The summed E-state index contributed by atoms with van der Waals surface area (Å²) in [5.74, 6) is 0.727. The van der Waals surface area contributed by atoms with Crippen LogP contribution in [0.3, 0.4) is 0 Å². The van der Waals surface area contributed by atoms with E-state index in [1.54, 1.807) is 13.1 Å². The third kappa shape index (κ3) is 5.59. The lowest BCUT2D eigenvalue weighted by atomic mass is 10.0. The van der Waals surface area contributed by atoms with Crippen molar-refractivity contribution in [3.8, 4) is 0 Å². The van der Waals surface area contributed by atoms with Gasteiger partial charge < -0.3 is 19.9 Å². The van der Waals surface area contributed by atoms with Gasteiger partial charge in [-0.15, -0.1) is 0 Å². The number of nitrogens with one attached hydrogen (secondary N) is 1. The van der Waals surface area contributed by atoms with Crippen molar-refractivity contribution < 1.29 is 17.9 Å². The molecule has 27 heavy (non-hydrogen) atoms. The monoisotopic (exact) mass is 386 g/mol. The molecule has 1 fully saturated rings. The third-order valence-electron chi connectivity index (χ3n) is 5.05. The molecular formula is C19H29F3N4O. The van der Waals surface area contributed by atoms with Crippen molar-refractivity contribution in [1.82, 2.24) is 15.1 Å². The standard InChI is InChI=1S/C19H29F3N4O/c1-18(2,25(4)5)13-24-17(23-3)26-9-10-27-16(12-26)14-7-6-8-15(11-14)19(20,21)22/h6-8,11,16H,9-10,12-13H2,1-5H3,(H,23,24). The summed E-state index contributed by atoms with van der Waals surface area (Å²) in [5.41, 5.74) is -0.197. The van der Waals surface area contributed by atoms with Gasteiger partial charge in [-0.25, -0.2) is 0 Å². The van der Waals surface area contributed by atoms with E-state index in [1.807, 2.05) is 19.0 Å². The first-order chi connectivity index (χ1) is 12.5. The van der Waals surface area contributed by atoms with Crippen molar-refractivity contribution in [2.75, 3.05) is 47.4 Å². The molecule has 1 aliphatic rings. The molecule has 1 N–H and O–H groups in total. The highest BCUT2D eigenvalue weighted by Gasteiger charge is 2.32. The van der Waals surface area contributed by atoms with Crippen molar-refractivity contribution in [3.63, 3.8) is 0 Å². The number of halogens is 3. The Hall–Kier alpha value is -1.80. The molecule has 5 nitrogen and oxygen atoms in total. The van der Waals surface area contributed by atoms with Crippen molar-refractivity contribution in [2.45, 2.75) is 31.7 Å². The minimum absolute atomic E-state index is 0.0668. The average molecular weight is 386 g/mol. The highest BCUT2D eigenvalue weighted by molar-refractivity contribution is 5.80. The van der Waals surface area contributed by atoms with Crippen LogP contribution >= 0.6 is 0 Å². The van der Waals surface area contributed by atoms with E-state index in [4.69, 9.17) is 4.74 Å². The van der Waals surface area contributed by atoms with E-state index in [0.717, 1.165) is 12.0 Å². The predicted octanol–water partition coefficient (Wildman–Crippen LogP) is 2.99. The molecule has 8 heteroatoms. The van der Waals surface area contributed by atoms with Crippen LogP contribution in [0, 0.1) is 0 Å². The van der Waals surface area contributed by atoms with Gasteiger partial charge in [0.15, 0.2) is 5.96 Å². The predicted molar refractivity (Wildman–Crippen MR) is 101 cm³/mol. The molecule has 2 rings (SSSR count). The summed E-state index contributed by atoms with van der Waals surface area (Å²) in [6, 6.07) is 5.34. The maximum atomic E-state index is 13.0. The van der Waals surface area contributed by atoms with E-state index in [2.05, 4.69) is 29.1 Å². The van der Waals surface area contributed by atoms with Gasteiger partial charge in [0, 0.05) is 25.7 Å². The fourth-order valence-corrected chi connectivity index (χ4v) is 2.74. The first-order valence-corrected chi connectivity index (χ1v) is 8.96. The molecule has 0 aromatic heterocycles. The van der Waals surface area contributed by atoms with Gasteiger partial charge in [-0.3, -0.25) is 4.99 Å². The second-order valence-electron chi connectivity index (χ2n) is 7.54. The molecule has 1 aromatic carbocycles. The molecule has 1 heterocycles. The smallest absolute Gasteiger partial charge is 0.370 e. The summed E-state index contributed by atoms with van der Waals surface area (Å²) >= 11 is 0. The number of ether oxygens (including phenoxy) is 1. The number of nitrogens with zero attached hydrogens (tertiary/aromatic N) is 3. The minimum Gasteiger partial charge on any atom is -0.370 e. The van der Waals surface area contributed by atoms with Gasteiger partial charge in [0.2, 0.25) is 0 Å².